The van der Waals surface area contributed by atoms with Crippen LogP contribution in [0.4, 0.5) is 8.78 Å². The summed E-state index contributed by atoms with van der Waals surface area (Å²) < 4.78 is 28.5. The van der Waals surface area contributed by atoms with Gasteiger partial charge in [0.05, 0.1) is 0 Å². The Morgan fingerprint density at radius 2 is 1.82 bits per heavy atom. The first-order valence-electron chi connectivity index (χ1n) is 6.69. The van der Waals surface area contributed by atoms with E-state index in [1.807, 2.05) is 41.8 Å². The molecule has 1 heterocycles. The second kappa shape index (κ2) is 6.27. The highest BCUT2D eigenvalue weighted by Gasteiger charge is 2.12. The third-order valence-electron chi connectivity index (χ3n) is 3.18. The van der Waals surface area contributed by atoms with Gasteiger partial charge in [-0.05, 0) is 30.7 Å². The largest absolute Gasteiger partial charge is 0.274 e. The van der Waals surface area contributed by atoms with E-state index in [0.717, 1.165) is 17.6 Å². The molecular weight excluding hydrogens is 304 g/mol. The van der Waals surface area contributed by atoms with Crippen LogP contribution in [0.2, 0.25) is 0 Å². The lowest BCUT2D eigenvalue weighted by molar-refractivity contribution is 0.576. The third kappa shape index (κ3) is 3.01. The molecule has 0 unspecified atom stereocenters. The van der Waals surface area contributed by atoms with Crippen LogP contribution in [0.15, 0.2) is 53.7 Å². The summed E-state index contributed by atoms with van der Waals surface area (Å²) in [5.74, 6) is -0.00491. The standard InChI is InChI=1S/C16H13F2N3S/c1-11-19-20-16(21(11)14-5-3-2-4-6-14)22-10-12-7-8-13(17)9-15(12)18/h2-9H,10H2,1H3. The Morgan fingerprint density at radius 3 is 2.55 bits per heavy atom. The van der Waals surface area contributed by atoms with E-state index in [9.17, 15) is 8.78 Å². The highest BCUT2D eigenvalue weighted by molar-refractivity contribution is 7.98. The molecular formula is C16H13F2N3S. The number of aryl methyl sites for hydroxylation is 1. The number of rotatable bonds is 4. The Kier molecular flexibility index (Phi) is 4.20. The van der Waals surface area contributed by atoms with Crippen molar-refractivity contribution in [2.45, 2.75) is 17.8 Å². The van der Waals surface area contributed by atoms with Crippen molar-refractivity contribution in [3.8, 4) is 5.69 Å². The topological polar surface area (TPSA) is 30.7 Å². The smallest absolute Gasteiger partial charge is 0.196 e. The molecule has 0 fully saturated rings. The zero-order valence-electron chi connectivity index (χ0n) is 11.8. The highest BCUT2D eigenvalue weighted by atomic mass is 32.2. The van der Waals surface area contributed by atoms with Crippen molar-refractivity contribution in [2.24, 2.45) is 0 Å². The fourth-order valence-electron chi connectivity index (χ4n) is 2.09. The molecule has 0 saturated carbocycles. The maximum Gasteiger partial charge on any atom is 0.196 e. The van der Waals surface area contributed by atoms with Gasteiger partial charge >= 0.3 is 0 Å². The van der Waals surface area contributed by atoms with Gasteiger partial charge in [-0.1, -0.05) is 36.0 Å². The molecule has 0 saturated heterocycles. The van der Waals surface area contributed by atoms with E-state index in [1.54, 1.807) is 0 Å². The minimum atomic E-state index is -0.574. The lowest BCUT2D eigenvalue weighted by Crippen LogP contribution is -1.99. The van der Waals surface area contributed by atoms with Crippen LogP contribution in [0.25, 0.3) is 5.69 Å². The highest BCUT2D eigenvalue weighted by Crippen LogP contribution is 2.26. The molecule has 3 aromatic rings. The maximum absolute atomic E-state index is 13.7. The van der Waals surface area contributed by atoms with E-state index in [2.05, 4.69) is 10.2 Å². The summed E-state index contributed by atoms with van der Waals surface area (Å²) in [4.78, 5) is 0. The van der Waals surface area contributed by atoms with Gasteiger partial charge in [0.2, 0.25) is 0 Å². The molecule has 0 radical (unpaired) electrons. The van der Waals surface area contributed by atoms with Crippen molar-refractivity contribution in [3.63, 3.8) is 0 Å². The fourth-order valence-corrected chi connectivity index (χ4v) is 3.08. The van der Waals surface area contributed by atoms with Crippen LogP contribution in [0.1, 0.15) is 11.4 Å². The van der Waals surface area contributed by atoms with Crippen LogP contribution in [0.5, 0.6) is 0 Å². The second-order valence-electron chi connectivity index (χ2n) is 4.73. The van der Waals surface area contributed by atoms with Gasteiger partial charge in [0.15, 0.2) is 5.16 Å². The molecule has 3 nitrogen and oxygen atoms in total. The zero-order valence-corrected chi connectivity index (χ0v) is 12.6. The van der Waals surface area contributed by atoms with E-state index >= 15 is 0 Å². The van der Waals surface area contributed by atoms with Gasteiger partial charge in [-0.25, -0.2) is 8.78 Å². The molecule has 0 aliphatic heterocycles. The van der Waals surface area contributed by atoms with Crippen molar-refractivity contribution in [1.29, 1.82) is 0 Å². The monoisotopic (exact) mass is 317 g/mol. The third-order valence-corrected chi connectivity index (χ3v) is 4.16. The molecule has 22 heavy (non-hydrogen) atoms. The summed E-state index contributed by atoms with van der Waals surface area (Å²) in [5, 5.41) is 8.89. The lowest BCUT2D eigenvalue weighted by atomic mass is 10.2. The summed E-state index contributed by atoms with van der Waals surface area (Å²) in [7, 11) is 0. The Bertz CT molecular complexity index is 787. The number of nitrogens with zero attached hydrogens (tertiary/aromatic N) is 3. The molecule has 3 rings (SSSR count). The molecule has 112 valence electrons. The van der Waals surface area contributed by atoms with Gasteiger partial charge in [-0.2, -0.15) is 0 Å². The summed E-state index contributed by atoms with van der Waals surface area (Å²) >= 11 is 1.36. The van der Waals surface area contributed by atoms with Crippen molar-refractivity contribution >= 4 is 11.8 Å². The van der Waals surface area contributed by atoms with Gasteiger partial charge in [-0.3, -0.25) is 4.57 Å². The van der Waals surface area contributed by atoms with Crippen LogP contribution >= 0.6 is 11.8 Å². The molecule has 1 aromatic heterocycles. The number of halogens is 2. The summed E-state index contributed by atoms with van der Waals surface area (Å²) in [5.41, 5.74) is 1.39. The molecule has 0 atom stereocenters. The molecule has 0 N–H and O–H groups in total. The normalized spacial score (nSPS) is 10.9. The zero-order chi connectivity index (χ0) is 15.5. The lowest BCUT2D eigenvalue weighted by Gasteiger charge is -2.08. The fraction of sp³-hybridized carbons (Fsp3) is 0.125. The Hall–Kier alpha value is -2.21. The first-order valence-corrected chi connectivity index (χ1v) is 7.68. The predicted octanol–water partition coefficient (Wildman–Crippen LogP) is 4.15. The summed E-state index contributed by atoms with van der Waals surface area (Å²) in [6, 6.07) is 13.3. The van der Waals surface area contributed by atoms with E-state index in [-0.39, 0.29) is 0 Å². The molecule has 0 bridgehead atoms. The first-order chi connectivity index (χ1) is 10.6. The second-order valence-corrected chi connectivity index (χ2v) is 5.67. The van der Waals surface area contributed by atoms with Crippen molar-refractivity contribution in [2.75, 3.05) is 0 Å². The number of benzene rings is 2. The Balaban J connectivity index is 1.85. The summed E-state index contributed by atoms with van der Waals surface area (Å²) in [6.45, 7) is 1.86. The van der Waals surface area contributed by atoms with Crippen LogP contribution in [-0.2, 0) is 5.75 Å². The molecule has 0 aliphatic rings. The molecule has 0 aliphatic carbocycles. The number of hydrogen-bond acceptors (Lipinski definition) is 3. The van der Waals surface area contributed by atoms with Gasteiger partial charge in [-0.15, -0.1) is 10.2 Å². The van der Waals surface area contributed by atoms with E-state index in [0.29, 0.717) is 16.5 Å². The number of thioether (sulfide) groups is 1. The predicted molar refractivity (Wildman–Crippen MR) is 82.0 cm³/mol. The van der Waals surface area contributed by atoms with E-state index in [1.165, 1.54) is 23.9 Å². The van der Waals surface area contributed by atoms with Gasteiger partial charge in [0.25, 0.3) is 0 Å². The van der Waals surface area contributed by atoms with Crippen molar-refractivity contribution in [1.82, 2.24) is 14.8 Å². The van der Waals surface area contributed by atoms with Crippen LogP contribution in [0.3, 0.4) is 0 Å². The average Bonchev–Trinajstić information content (AvgIpc) is 2.88. The average molecular weight is 317 g/mol. The minimum absolute atomic E-state index is 0.358. The van der Waals surface area contributed by atoms with Crippen molar-refractivity contribution in [3.05, 3.63) is 71.6 Å². The SMILES string of the molecule is Cc1nnc(SCc2ccc(F)cc2F)n1-c1ccccc1. The van der Waals surface area contributed by atoms with E-state index in [4.69, 9.17) is 0 Å². The Labute approximate surface area is 131 Å². The molecule has 6 heteroatoms. The maximum atomic E-state index is 13.7. The number of hydrogen-bond donors (Lipinski definition) is 0. The van der Waals surface area contributed by atoms with Gasteiger partial charge in [0, 0.05) is 17.5 Å². The first kappa shape index (κ1) is 14.7. The Morgan fingerprint density at radius 1 is 1.05 bits per heavy atom. The quantitative estimate of drug-likeness (QED) is 0.677. The molecule has 0 amide bonds. The van der Waals surface area contributed by atoms with Gasteiger partial charge < -0.3 is 0 Å². The number of aromatic nitrogens is 3. The van der Waals surface area contributed by atoms with Crippen LogP contribution in [0, 0.1) is 18.6 Å². The van der Waals surface area contributed by atoms with Crippen LogP contribution in [-0.4, -0.2) is 14.8 Å². The molecule has 0 spiro atoms. The van der Waals surface area contributed by atoms with Gasteiger partial charge in [0.1, 0.15) is 17.5 Å². The minimum Gasteiger partial charge on any atom is -0.274 e. The molecule has 2 aromatic carbocycles. The van der Waals surface area contributed by atoms with Crippen molar-refractivity contribution < 1.29 is 8.78 Å². The number of para-hydroxylation sites is 1. The van der Waals surface area contributed by atoms with Crippen LogP contribution < -0.4 is 0 Å². The van der Waals surface area contributed by atoms with E-state index < -0.39 is 11.6 Å². The summed E-state index contributed by atoms with van der Waals surface area (Å²) in [6.07, 6.45) is 0.